The highest BCUT2D eigenvalue weighted by Gasteiger charge is 2.22. The van der Waals surface area contributed by atoms with E-state index in [0.717, 1.165) is 23.5 Å². The summed E-state index contributed by atoms with van der Waals surface area (Å²) in [4.78, 5) is 26.7. The molecule has 6 nitrogen and oxygen atoms in total. The number of rotatable bonds is 8. The Morgan fingerprint density at radius 1 is 1.11 bits per heavy atom. The molecule has 0 radical (unpaired) electrons. The van der Waals surface area contributed by atoms with Crippen molar-refractivity contribution in [2.45, 2.75) is 13.3 Å². The SMILES string of the molecule is CCN(CCNC(=O)CN1NC(c2ccccc2)=CCC1=O)c1ccccc1. The topological polar surface area (TPSA) is 64.7 Å². The third-order valence-electron chi connectivity index (χ3n) is 4.63. The van der Waals surface area contributed by atoms with Crippen molar-refractivity contribution in [3.8, 4) is 0 Å². The molecule has 0 saturated heterocycles. The van der Waals surface area contributed by atoms with Crippen molar-refractivity contribution in [2.24, 2.45) is 0 Å². The number of carbonyl (C=O) groups is 2. The van der Waals surface area contributed by atoms with Crippen LogP contribution in [0.5, 0.6) is 0 Å². The molecule has 6 heteroatoms. The fourth-order valence-corrected chi connectivity index (χ4v) is 3.12. The predicted molar refractivity (Wildman–Crippen MR) is 111 cm³/mol. The lowest BCUT2D eigenvalue weighted by Gasteiger charge is -2.29. The molecular weight excluding hydrogens is 352 g/mol. The zero-order valence-electron chi connectivity index (χ0n) is 16.1. The van der Waals surface area contributed by atoms with Crippen molar-refractivity contribution in [1.29, 1.82) is 0 Å². The molecule has 2 aromatic rings. The normalized spacial score (nSPS) is 13.5. The van der Waals surface area contributed by atoms with Crippen LogP contribution in [0.2, 0.25) is 0 Å². The van der Waals surface area contributed by atoms with Gasteiger partial charge in [0.25, 0.3) is 0 Å². The van der Waals surface area contributed by atoms with E-state index < -0.39 is 0 Å². The molecule has 1 aliphatic rings. The molecule has 2 N–H and O–H groups in total. The molecule has 2 aromatic carbocycles. The van der Waals surface area contributed by atoms with E-state index in [1.165, 1.54) is 5.01 Å². The molecule has 1 heterocycles. The van der Waals surface area contributed by atoms with Crippen molar-refractivity contribution >= 4 is 23.2 Å². The summed E-state index contributed by atoms with van der Waals surface area (Å²) >= 11 is 0. The molecule has 0 atom stereocenters. The first-order valence-corrected chi connectivity index (χ1v) is 9.56. The van der Waals surface area contributed by atoms with Crippen LogP contribution < -0.4 is 15.6 Å². The van der Waals surface area contributed by atoms with Crippen LogP contribution in [0.1, 0.15) is 18.9 Å². The molecular formula is C22H26N4O2. The number of benzene rings is 2. The van der Waals surface area contributed by atoms with Crippen LogP contribution in [-0.4, -0.2) is 43.0 Å². The van der Waals surface area contributed by atoms with Crippen LogP contribution in [-0.2, 0) is 9.59 Å². The molecule has 1 aliphatic heterocycles. The van der Waals surface area contributed by atoms with Crippen molar-refractivity contribution in [3.05, 3.63) is 72.3 Å². The first kappa shape index (κ1) is 19.5. The van der Waals surface area contributed by atoms with Crippen molar-refractivity contribution in [1.82, 2.24) is 15.8 Å². The zero-order chi connectivity index (χ0) is 19.8. The molecule has 0 saturated carbocycles. The lowest BCUT2D eigenvalue weighted by atomic mass is 10.1. The minimum atomic E-state index is -0.181. The Labute approximate surface area is 165 Å². The maximum Gasteiger partial charge on any atom is 0.245 e. The fraction of sp³-hybridized carbons (Fsp3) is 0.273. The van der Waals surface area contributed by atoms with E-state index >= 15 is 0 Å². The van der Waals surface area contributed by atoms with Crippen LogP contribution in [0.15, 0.2) is 66.7 Å². The van der Waals surface area contributed by atoms with Crippen molar-refractivity contribution in [2.75, 3.05) is 31.1 Å². The molecule has 0 fully saturated rings. The number of nitrogens with one attached hydrogen (secondary N) is 2. The summed E-state index contributed by atoms with van der Waals surface area (Å²) in [7, 11) is 0. The monoisotopic (exact) mass is 378 g/mol. The molecule has 0 bridgehead atoms. The number of para-hydroxylation sites is 1. The summed E-state index contributed by atoms with van der Waals surface area (Å²) in [5, 5.41) is 4.29. The standard InChI is InChI=1S/C22H26N4O2/c1-2-25(19-11-7-4-8-12-19)16-15-23-21(27)17-26-22(28)14-13-20(24-26)18-9-5-3-6-10-18/h3-13,24H,2,14-17H2,1H3,(H,23,27). The minimum absolute atomic E-state index is 0.0134. The van der Waals surface area contributed by atoms with E-state index in [2.05, 4.69) is 34.7 Å². The lowest BCUT2D eigenvalue weighted by molar-refractivity contribution is -0.137. The lowest BCUT2D eigenvalue weighted by Crippen LogP contribution is -2.50. The van der Waals surface area contributed by atoms with Crippen LogP contribution in [0.25, 0.3) is 5.70 Å². The molecule has 28 heavy (non-hydrogen) atoms. The molecule has 146 valence electrons. The summed E-state index contributed by atoms with van der Waals surface area (Å²) in [6.45, 7) is 4.16. The van der Waals surface area contributed by atoms with Gasteiger partial charge in [0.2, 0.25) is 11.8 Å². The fourth-order valence-electron chi connectivity index (χ4n) is 3.12. The number of hydrogen-bond donors (Lipinski definition) is 2. The van der Waals surface area contributed by atoms with Gasteiger partial charge in [0.1, 0.15) is 6.54 Å². The Morgan fingerprint density at radius 3 is 2.46 bits per heavy atom. The molecule has 0 unspecified atom stereocenters. The first-order chi connectivity index (χ1) is 13.7. The summed E-state index contributed by atoms with van der Waals surface area (Å²) in [6.07, 6.45) is 2.13. The number of nitrogens with zero attached hydrogens (tertiary/aromatic N) is 2. The molecule has 0 aliphatic carbocycles. The van der Waals surface area contributed by atoms with Crippen LogP contribution in [0, 0.1) is 0 Å². The average molecular weight is 378 g/mol. The van der Waals surface area contributed by atoms with E-state index in [1.54, 1.807) is 0 Å². The Balaban J connectivity index is 1.49. The van der Waals surface area contributed by atoms with E-state index in [4.69, 9.17) is 0 Å². The molecule has 0 spiro atoms. The number of carbonyl (C=O) groups excluding carboxylic acids is 2. The smallest absolute Gasteiger partial charge is 0.245 e. The highest BCUT2D eigenvalue weighted by Crippen LogP contribution is 2.16. The highest BCUT2D eigenvalue weighted by atomic mass is 16.2. The van der Waals surface area contributed by atoms with Gasteiger partial charge in [-0.3, -0.25) is 15.0 Å². The number of amides is 2. The molecule has 0 aromatic heterocycles. The van der Waals surface area contributed by atoms with E-state index in [1.807, 2.05) is 54.6 Å². The first-order valence-electron chi connectivity index (χ1n) is 9.56. The average Bonchev–Trinajstić information content (AvgIpc) is 2.74. The Morgan fingerprint density at radius 2 is 1.79 bits per heavy atom. The largest absolute Gasteiger partial charge is 0.370 e. The van der Waals surface area contributed by atoms with Crippen LogP contribution >= 0.6 is 0 Å². The quantitative estimate of drug-likeness (QED) is 0.740. The van der Waals surface area contributed by atoms with Crippen molar-refractivity contribution < 1.29 is 9.59 Å². The van der Waals surface area contributed by atoms with Gasteiger partial charge in [0, 0.05) is 31.7 Å². The number of anilines is 1. The van der Waals surface area contributed by atoms with Gasteiger partial charge in [-0.25, -0.2) is 5.01 Å². The Hall–Kier alpha value is -3.28. The van der Waals surface area contributed by atoms with Gasteiger partial charge in [0.15, 0.2) is 0 Å². The van der Waals surface area contributed by atoms with Gasteiger partial charge in [-0.1, -0.05) is 48.5 Å². The number of likely N-dealkylation sites (N-methyl/N-ethyl adjacent to an activating group) is 1. The molecule has 3 rings (SSSR count). The third kappa shape index (κ3) is 5.13. The summed E-state index contributed by atoms with van der Waals surface area (Å²) in [5.74, 6) is -0.298. The third-order valence-corrected chi connectivity index (χ3v) is 4.63. The van der Waals surface area contributed by atoms with E-state index in [-0.39, 0.29) is 24.8 Å². The highest BCUT2D eigenvalue weighted by molar-refractivity contribution is 5.88. The number of hydrazine groups is 1. The predicted octanol–water partition coefficient (Wildman–Crippen LogP) is 2.41. The van der Waals surface area contributed by atoms with Crippen LogP contribution in [0.4, 0.5) is 5.69 Å². The summed E-state index contributed by atoms with van der Waals surface area (Å²) < 4.78 is 0. The van der Waals surface area contributed by atoms with Crippen LogP contribution in [0.3, 0.4) is 0 Å². The second-order valence-corrected chi connectivity index (χ2v) is 6.54. The second kappa shape index (κ2) is 9.60. The molecule has 2 amide bonds. The summed E-state index contributed by atoms with van der Waals surface area (Å²) in [6, 6.07) is 19.9. The Kier molecular flexibility index (Phi) is 6.68. The van der Waals surface area contributed by atoms with Gasteiger partial charge >= 0.3 is 0 Å². The van der Waals surface area contributed by atoms with E-state index in [0.29, 0.717) is 13.1 Å². The van der Waals surface area contributed by atoms with Gasteiger partial charge in [-0.05, 0) is 30.7 Å². The van der Waals surface area contributed by atoms with E-state index in [9.17, 15) is 9.59 Å². The van der Waals surface area contributed by atoms with Gasteiger partial charge in [-0.2, -0.15) is 0 Å². The maximum atomic E-state index is 12.3. The second-order valence-electron chi connectivity index (χ2n) is 6.54. The Bertz CT molecular complexity index is 821. The van der Waals surface area contributed by atoms with Gasteiger partial charge in [0.05, 0.1) is 5.70 Å². The zero-order valence-corrected chi connectivity index (χ0v) is 16.1. The van der Waals surface area contributed by atoms with Crippen molar-refractivity contribution in [3.63, 3.8) is 0 Å². The maximum absolute atomic E-state index is 12.3. The summed E-state index contributed by atoms with van der Waals surface area (Å²) in [5.41, 5.74) is 6.02. The number of hydrogen-bond acceptors (Lipinski definition) is 4. The minimum Gasteiger partial charge on any atom is -0.370 e. The van der Waals surface area contributed by atoms with Gasteiger partial charge < -0.3 is 10.2 Å². The van der Waals surface area contributed by atoms with Gasteiger partial charge in [-0.15, -0.1) is 0 Å².